The van der Waals surface area contributed by atoms with Crippen LogP contribution >= 0.6 is 0 Å². The summed E-state index contributed by atoms with van der Waals surface area (Å²) in [7, 11) is -3.71. The number of rotatable bonds is 8. The van der Waals surface area contributed by atoms with Crippen molar-refractivity contribution in [3.63, 3.8) is 0 Å². The van der Waals surface area contributed by atoms with Crippen molar-refractivity contribution < 1.29 is 22.3 Å². The van der Waals surface area contributed by atoms with Gasteiger partial charge in [0.2, 0.25) is 21.8 Å². The number of hydrogen-bond donors (Lipinski definition) is 2. The molecule has 0 bridgehead atoms. The van der Waals surface area contributed by atoms with E-state index in [0.29, 0.717) is 37.1 Å². The highest BCUT2D eigenvalue weighted by molar-refractivity contribution is 7.89. The van der Waals surface area contributed by atoms with Crippen LogP contribution in [0, 0.1) is 11.7 Å². The Hall–Kier alpha value is -3.04. The summed E-state index contributed by atoms with van der Waals surface area (Å²) in [6.07, 6.45) is 5.86. The van der Waals surface area contributed by atoms with Crippen LogP contribution in [0.25, 0.3) is 10.9 Å². The number of sulfonamides is 1. The predicted molar refractivity (Wildman–Crippen MR) is 139 cm³/mol. The lowest BCUT2D eigenvalue weighted by Crippen LogP contribution is -2.41. The number of ether oxygens (including phenoxy) is 1. The molecule has 2 fully saturated rings. The number of halogens is 1. The van der Waals surface area contributed by atoms with Gasteiger partial charge in [-0.2, -0.15) is 0 Å². The van der Waals surface area contributed by atoms with Crippen LogP contribution in [-0.2, 0) is 14.8 Å². The molecule has 1 heterocycles. The molecule has 5 rings (SSSR count). The van der Waals surface area contributed by atoms with Crippen LogP contribution in [-0.4, -0.2) is 31.5 Å². The molecular weight excluding hydrogens is 493 g/mol. The molecule has 9 heteroatoms. The number of aromatic nitrogens is 1. The summed E-state index contributed by atoms with van der Waals surface area (Å²) in [6.45, 7) is 1.87. The maximum Gasteiger partial charge on any atom is 0.240 e. The summed E-state index contributed by atoms with van der Waals surface area (Å²) in [5.74, 6) is 0.0257. The Morgan fingerprint density at radius 2 is 1.73 bits per heavy atom. The van der Waals surface area contributed by atoms with E-state index in [1.54, 1.807) is 36.4 Å². The van der Waals surface area contributed by atoms with Gasteiger partial charge in [0, 0.05) is 23.4 Å². The van der Waals surface area contributed by atoms with E-state index in [-0.39, 0.29) is 40.7 Å². The lowest BCUT2D eigenvalue weighted by molar-refractivity contribution is -0.126. The van der Waals surface area contributed by atoms with Crippen molar-refractivity contribution in [3.8, 4) is 5.88 Å². The first kappa shape index (κ1) is 25.6. The van der Waals surface area contributed by atoms with Gasteiger partial charge in [0.1, 0.15) is 11.9 Å². The van der Waals surface area contributed by atoms with Crippen LogP contribution in [0.5, 0.6) is 5.88 Å². The molecule has 2 aliphatic carbocycles. The van der Waals surface area contributed by atoms with E-state index in [4.69, 9.17) is 4.74 Å². The molecule has 0 spiro atoms. The molecule has 1 atom stereocenters. The molecule has 0 saturated heterocycles. The van der Waals surface area contributed by atoms with Crippen molar-refractivity contribution in [2.24, 2.45) is 5.92 Å². The topological polar surface area (TPSA) is 97.4 Å². The Balaban J connectivity index is 1.15. The highest BCUT2D eigenvalue weighted by Gasteiger charge is 2.30. The van der Waals surface area contributed by atoms with Gasteiger partial charge in [0.05, 0.1) is 16.5 Å². The fraction of sp³-hybridized carbons (Fsp3) is 0.429. The van der Waals surface area contributed by atoms with Crippen molar-refractivity contribution in [1.29, 1.82) is 0 Å². The Morgan fingerprint density at radius 3 is 2.41 bits per heavy atom. The molecule has 2 aliphatic rings. The number of amides is 1. The lowest BCUT2D eigenvalue weighted by atomic mass is 9.85. The summed E-state index contributed by atoms with van der Waals surface area (Å²) in [5, 5.41) is 3.73. The third kappa shape index (κ3) is 6.10. The van der Waals surface area contributed by atoms with Gasteiger partial charge in [-0.15, -0.1) is 0 Å². The second-order valence-corrected chi connectivity index (χ2v) is 11.8. The van der Waals surface area contributed by atoms with Gasteiger partial charge in [-0.3, -0.25) is 4.79 Å². The molecule has 37 heavy (non-hydrogen) atoms. The summed E-state index contributed by atoms with van der Waals surface area (Å²) in [6, 6.07) is 14.2. The average Bonchev–Trinajstić information content (AvgIpc) is 2.86. The molecule has 1 aromatic heterocycles. The fourth-order valence-electron chi connectivity index (χ4n) is 4.90. The monoisotopic (exact) mass is 525 g/mol. The molecule has 2 aromatic carbocycles. The highest BCUT2D eigenvalue weighted by atomic mass is 32.2. The minimum absolute atomic E-state index is 0.0548. The normalized spacial score (nSPS) is 21.2. The zero-order valence-electron chi connectivity index (χ0n) is 20.8. The van der Waals surface area contributed by atoms with Crippen LogP contribution in [0.1, 0.15) is 63.5 Å². The Morgan fingerprint density at radius 1 is 1.00 bits per heavy atom. The van der Waals surface area contributed by atoms with E-state index in [9.17, 15) is 17.6 Å². The van der Waals surface area contributed by atoms with E-state index in [0.717, 1.165) is 23.8 Å². The molecule has 7 nitrogen and oxygen atoms in total. The molecule has 2 saturated carbocycles. The molecule has 0 unspecified atom stereocenters. The molecule has 0 aliphatic heterocycles. The zero-order chi connectivity index (χ0) is 26.0. The van der Waals surface area contributed by atoms with E-state index < -0.39 is 10.0 Å². The minimum atomic E-state index is -3.71. The molecule has 3 aromatic rings. The summed E-state index contributed by atoms with van der Waals surface area (Å²) < 4.78 is 48.0. The van der Waals surface area contributed by atoms with E-state index in [1.165, 1.54) is 18.6 Å². The summed E-state index contributed by atoms with van der Waals surface area (Å²) in [5.41, 5.74) is 1.53. The quantitative estimate of drug-likeness (QED) is 0.430. The first-order chi connectivity index (χ1) is 17.8. The van der Waals surface area contributed by atoms with E-state index in [2.05, 4.69) is 15.0 Å². The second kappa shape index (κ2) is 10.8. The number of hydrogen-bond acceptors (Lipinski definition) is 5. The van der Waals surface area contributed by atoms with Crippen LogP contribution in [0.2, 0.25) is 0 Å². The van der Waals surface area contributed by atoms with Gasteiger partial charge < -0.3 is 10.1 Å². The zero-order valence-corrected chi connectivity index (χ0v) is 21.6. The van der Waals surface area contributed by atoms with Gasteiger partial charge in [0.15, 0.2) is 0 Å². The van der Waals surface area contributed by atoms with Crippen molar-refractivity contribution in [2.75, 3.05) is 0 Å². The minimum Gasteiger partial charge on any atom is -0.474 e. The van der Waals surface area contributed by atoms with E-state index >= 15 is 0 Å². The average molecular weight is 526 g/mol. The van der Waals surface area contributed by atoms with E-state index in [1.807, 2.05) is 13.0 Å². The number of pyridine rings is 1. The fourth-order valence-corrected chi connectivity index (χ4v) is 6.24. The Bertz CT molecular complexity index is 1370. The molecule has 1 amide bonds. The van der Waals surface area contributed by atoms with Gasteiger partial charge >= 0.3 is 0 Å². The number of nitrogens with zero attached hydrogens (tertiary/aromatic N) is 1. The number of carbonyl (C=O) groups excluding carboxylic acids is 1. The molecular formula is C28H32FN3O4S. The Labute approximate surface area is 216 Å². The van der Waals surface area contributed by atoms with Crippen molar-refractivity contribution in [1.82, 2.24) is 15.0 Å². The third-order valence-corrected chi connectivity index (χ3v) is 8.95. The van der Waals surface area contributed by atoms with Gasteiger partial charge in [0.25, 0.3) is 0 Å². The van der Waals surface area contributed by atoms with Crippen molar-refractivity contribution >= 4 is 26.8 Å². The van der Waals surface area contributed by atoms with Crippen molar-refractivity contribution in [3.05, 3.63) is 66.0 Å². The molecule has 2 N–H and O–H groups in total. The Kier molecular flexibility index (Phi) is 7.44. The van der Waals surface area contributed by atoms with Gasteiger partial charge in [-0.25, -0.2) is 22.5 Å². The smallest absolute Gasteiger partial charge is 0.240 e. The third-order valence-electron chi connectivity index (χ3n) is 7.43. The van der Waals surface area contributed by atoms with Gasteiger partial charge in [-0.05, 0) is 93.8 Å². The summed E-state index contributed by atoms with van der Waals surface area (Å²) >= 11 is 0. The van der Waals surface area contributed by atoms with Crippen LogP contribution in [0.15, 0.2) is 59.5 Å². The molecule has 196 valence electrons. The van der Waals surface area contributed by atoms with Crippen molar-refractivity contribution in [2.45, 2.75) is 75.0 Å². The number of fused-ring (bicyclic) bond motifs is 1. The standard InChI is InChI=1S/C28H32FN3O4S/c1-18(19-5-10-22(29)11-6-19)30-28(33)20-7-12-23(13-8-20)32-37(34,35)25-14-15-26-21(17-25)9-16-27(31-26)36-24-3-2-4-24/h5-6,9-11,14-18,20,23-24,32H,2-4,7-8,12-13H2,1H3,(H,30,33)/t18-,20?,23?/m1/s1. The first-order valence-electron chi connectivity index (χ1n) is 12.9. The van der Waals surface area contributed by atoms with Crippen LogP contribution < -0.4 is 14.8 Å². The first-order valence-corrected chi connectivity index (χ1v) is 14.4. The van der Waals surface area contributed by atoms with Gasteiger partial charge in [-0.1, -0.05) is 12.1 Å². The highest BCUT2D eigenvalue weighted by Crippen LogP contribution is 2.29. The van der Waals surface area contributed by atoms with Crippen LogP contribution in [0.3, 0.4) is 0 Å². The maximum absolute atomic E-state index is 13.2. The SMILES string of the molecule is C[C@@H](NC(=O)C1CCC(NS(=O)(=O)c2ccc3nc(OC4CCC4)ccc3c2)CC1)c1ccc(F)cc1. The number of nitrogens with one attached hydrogen (secondary N) is 2. The predicted octanol–water partition coefficient (Wildman–Crippen LogP) is 5.02. The molecule has 0 radical (unpaired) electrons. The maximum atomic E-state index is 13.2. The lowest BCUT2D eigenvalue weighted by Gasteiger charge is -2.29. The number of benzene rings is 2. The summed E-state index contributed by atoms with van der Waals surface area (Å²) in [4.78, 5) is 17.5. The number of carbonyl (C=O) groups is 1. The largest absolute Gasteiger partial charge is 0.474 e. The second-order valence-electron chi connectivity index (χ2n) is 10.1. The van der Waals surface area contributed by atoms with Crippen LogP contribution in [0.4, 0.5) is 4.39 Å².